The van der Waals surface area contributed by atoms with E-state index in [9.17, 15) is 13.2 Å². The van der Waals surface area contributed by atoms with E-state index in [1.165, 1.54) is 23.9 Å². The van der Waals surface area contributed by atoms with Crippen LogP contribution in [0, 0.1) is 6.92 Å². The van der Waals surface area contributed by atoms with Gasteiger partial charge in [-0.3, -0.25) is 4.57 Å². The van der Waals surface area contributed by atoms with Crippen LogP contribution in [-0.4, -0.2) is 35.0 Å². The normalized spacial score (nSPS) is 11.8. The van der Waals surface area contributed by atoms with Crippen LogP contribution in [0.3, 0.4) is 0 Å². The molecule has 0 aliphatic heterocycles. The lowest BCUT2D eigenvalue weighted by Gasteiger charge is -2.13. The zero-order chi connectivity index (χ0) is 22.9. The summed E-state index contributed by atoms with van der Waals surface area (Å²) in [7, 11) is 0. The van der Waals surface area contributed by atoms with Crippen molar-refractivity contribution in [3.63, 3.8) is 0 Å². The maximum absolute atomic E-state index is 13.5. The molecule has 13 heteroatoms. The Hall–Kier alpha value is -3.12. The number of nitrogens with zero attached hydrogens (tertiary/aromatic N) is 7. The fourth-order valence-electron chi connectivity index (χ4n) is 3.04. The van der Waals surface area contributed by atoms with Crippen molar-refractivity contribution in [3.8, 4) is 17.1 Å². The zero-order valence-electron chi connectivity index (χ0n) is 16.5. The molecule has 1 aromatic carbocycles. The molecule has 0 amide bonds. The minimum atomic E-state index is -4.63. The molecule has 8 nitrogen and oxygen atoms in total. The van der Waals surface area contributed by atoms with Gasteiger partial charge < -0.3 is 4.42 Å². The summed E-state index contributed by atoms with van der Waals surface area (Å²) in [5, 5.41) is 20.1. The van der Waals surface area contributed by atoms with E-state index in [1.54, 1.807) is 18.4 Å². The lowest BCUT2D eigenvalue weighted by atomic mass is 10.1. The van der Waals surface area contributed by atoms with Crippen molar-refractivity contribution < 1.29 is 17.6 Å². The lowest BCUT2D eigenvalue weighted by Crippen LogP contribution is -2.13. The molecule has 166 valence electrons. The van der Waals surface area contributed by atoms with E-state index in [1.807, 2.05) is 11.5 Å². The summed E-state index contributed by atoms with van der Waals surface area (Å²) in [5.41, 5.74) is -0.368. The topological polar surface area (TPSA) is 87.5 Å². The molecule has 0 bridgehead atoms. The van der Waals surface area contributed by atoms with E-state index in [2.05, 4.69) is 32.3 Å². The van der Waals surface area contributed by atoms with Gasteiger partial charge in [0.05, 0.1) is 28.8 Å². The largest absolute Gasteiger partial charge is 0.469 e. The van der Waals surface area contributed by atoms with E-state index in [0.717, 1.165) is 16.3 Å². The molecular formula is C19H15ClF3N7OS. The molecule has 0 saturated heterocycles. The number of tetrazole rings is 1. The molecule has 32 heavy (non-hydrogen) atoms. The van der Waals surface area contributed by atoms with Crippen LogP contribution >= 0.6 is 23.4 Å². The van der Waals surface area contributed by atoms with Gasteiger partial charge in [-0.15, -0.1) is 21.9 Å². The minimum absolute atomic E-state index is 0.0373. The van der Waals surface area contributed by atoms with Gasteiger partial charge in [-0.05, 0) is 41.6 Å². The van der Waals surface area contributed by atoms with E-state index in [4.69, 9.17) is 16.0 Å². The number of rotatable bonds is 7. The molecule has 0 aliphatic rings. The molecule has 3 aromatic heterocycles. The highest BCUT2D eigenvalue weighted by molar-refractivity contribution is 7.98. The molecule has 3 heterocycles. The second-order valence-electron chi connectivity index (χ2n) is 6.55. The van der Waals surface area contributed by atoms with Crippen LogP contribution in [-0.2, 0) is 18.5 Å². The number of thioether (sulfide) groups is 1. The van der Waals surface area contributed by atoms with Crippen LogP contribution in [0.4, 0.5) is 13.2 Å². The lowest BCUT2D eigenvalue weighted by molar-refractivity contribution is -0.137. The molecule has 0 saturated carbocycles. The van der Waals surface area contributed by atoms with E-state index in [0.29, 0.717) is 23.3 Å². The maximum atomic E-state index is 13.5. The summed E-state index contributed by atoms with van der Waals surface area (Å²) < 4.78 is 48.8. The Morgan fingerprint density at radius 1 is 1.22 bits per heavy atom. The minimum Gasteiger partial charge on any atom is -0.469 e. The van der Waals surface area contributed by atoms with Gasteiger partial charge in [0.2, 0.25) is 0 Å². The number of benzene rings is 1. The monoisotopic (exact) mass is 481 g/mol. The Morgan fingerprint density at radius 2 is 2.03 bits per heavy atom. The molecule has 0 atom stereocenters. The number of halogens is 4. The standard InChI is InChI=1S/C19H15ClF3N7OS/c1-3-7-29-17(13-6-8-31-11(13)2)25-26-18(29)32-10-16-24-27-28-30(16)15-5-4-12(20)9-14(15)19(21,22)23/h3-6,8-9H,1,7,10H2,2H3. The Labute approximate surface area is 189 Å². The average Bonchev–Trinajstić information content (AvgIpc) is 3.46. The van der Waals surface area contributed by atoms with Gasteiger partial charge in [-0.2, -0.15) is 17.9 Å². The summed E-state index contributed by atoms with van der Waals surface area (Å²) >= 11 is 7.00. The number of aryl methyl sites for hydroxylation is 1. The van der Waals surface area contributed by atoms with E-state index in [-0.39, 0.29) is 22.3 Å². The Kier molecular flexibility index (Phi) is 6.07. The SMILES string of the molecule is C=CCn1c(SCc2nnnn2-c2ccc(Cl)cc2C(F)(F)F)nnc1-c1ccoc1C. The van der Waals surface area contributed by atoms with Gasteiger partial charge in [0.1, 0.15) is 5.76 Å². The van der Waals surface area contributed by atoms with Gasteiger partial charge in [0, 0.05) is 11.6 Å². The van der Waals surface area contributed by atoms with Crippen molar-refractivity contribution in [2.75, 3.05) is 0 Å². The van der Waals surface area contributed by atoms with Crippen molar-refractivity contribution >= 4 is 23.4 Å². The molecule has 0 fully saturated rings. The fourth-order valence-corrected chi connectivity index (χ4v) is 4.06. The summed E-state index contributed by atoms with van der Waals surface area (Å²) in [6, 6.07) is 5.21. The van der Waals surface area contributed by atoms with E-state index < -0.39 is 11.7 Å². The molecule has 0 radical (unpaired) electrons. The van der Waals surface area contributed by atoms with Gasteiger partial charge >= 0.3 is 6.18 Å². The molecule has 0 N–H and O–H groups in total. The fraction of sp³-hybridized carbons (Fsp3) is 0.211. The average molecular weight is 482 g/mol. The van der Waals surface area contributed by atoms with Crippen molar-refractivity contribution in [2.45, 2.75) is 30.6 Å². The molecule has 0 unspecified atom stereocenters. The Morgan fingerprint density at radius 3 is 2.72 bits per heavy atom. The van der Waals surface area contributed by atoms with Gasteiger partial charge in [-0.25, -0.2) is 0 Å². The third-order valence-corrected chi connectivity index (χ3v) is 5.68. The van der Waals surface area contributed by atoms with Crippen molar-refractivity contribution in [2.24, 2.45) is 0 Å². The number of hydrogen-bond donors (Lipinski definition) is 0. The number of alkyl halides is 3. The highest BCUT2D eigenvalue weighted by atomic mass is 35.5. The van der Waals surface area contributed by atoms with Crippen LogP contribution in [0.5, 0.6) is 0 Å². The predicted molar refractivity (Wildman–Crippen MR) is 111 cm³/mol. The molecule has 4 aromatic rings. The predicted octanol–water partition coefficient (Wildman–Crippen LogP) is 4.97. The number of furan rings is 1. The van der Waals surface area contributed by atoms with Crippen LogP contribution in [0.15, 0.2) is 52.8 Å². The maximum Gasteiger partial charge on any atom is 0.418 e. The highest BCUT2D eigenvalue weighted by Crippen LogP contribution is 2.36. The smallest absolute Gasteiger partial charge is 0.418 e. The Balaban J connectivity index is 1.65. The molecule has 0 spiro atoms. The van der Waals surface area contributed by atoms with Gasteiger partial charge in [-0.1, -0.05) is 29.4 Å². The first-order valence-electron chi connectivity index (χ1n) is 9.15. The van der Waals surface area contributed by atoms with Crippen LogP contribution in [0.2, 0.25) is 5.02 Å². The molecular weight excluding hydrogens is 467 g/mol. The van der Waals surface area contributed by atoms with E-state index >= 15 is 0 Å². The highest BCUT2D eigenvalue weighted by Gasteiger charge is 2.35. The van der Waals surface area contributed by atoms with Crippen LogP contribution in [0.1, 0.15) is 17.1 Å². The van der Waals surface area contributed by atoms with Crippen molar-refractivity contribution in [3.05, 3.63) is 65.4 Å². The first-order chi connectivity index (χ1) is 15.3. The number of aromatic nitrogens is 7. The summed E-state index contributed by atoms with van der Waals surface area (Å²) in [6.07, 6.45) is -1.37. The zero-order valence-corrected chi connectivity index (χ0v) is 18.1. The van der Waals surface area contributed by atoms with Crippen LogP contribution in [0.25, 0.3) is 17.1 Å². The van der Waals surface area contributed by atoms with Gasteiger partial charge in [0.25, 0.3) is 0 Å². The summed E-state index contributed by atoms with van der Waals surface area (Å²) in [6.45, 7) is 6.00. The summed E-state index contributed by atoms with van der Waals surface area (Å²) in [4.78, 5) is 0. The Bertz CT molecular complexity index is 1260. The van der Waals surface area contributed by atoms with Crippen molar-refractivity contribution in [1.29, 1.82) is 0 Å². The third kappa shape index (κ3) is 4.28. The molecule has 0 aliphatic carbocycles. The first-order valence-corrected chi connectivity index (χ1v) is 10.5. The van der Waals surface area contributed by atoms with Crippen molar-refractivity contribution in [1.82, 2.24) is 35.0 Å². The number of allylic oxidation sites excluding steroid dienone is 1. The third-order valence-electron chi connectivity index (χ3n) is 4.48. The summed E-state index contributed by atoms with van der Waals surface area (Å²) in [5.74, 6) is 1.63. The second-order valence-corrected chi connectivity index (χ2v) is 7.93. The second kappa shape index (κ2) is 8.79. The van der Waals surface area contributed by atoms with Crippen LogP contribution < -0.4 is 0 Å². The molecule has 4 rings (SSSR count). The van der Waals surface area contributed by atoms with Gasteiger partial charge in [0.15, 0.2) is 16.8 Å². The quantitative estimate of drug-likeness (QED) is 0.272. The first kappa shape index (κ1) is 22.1. The number of hydrogen-bond acceptors (Lipinski definition) is 7.